The van der Waals surface area contributed by atoms with E-state index in [9.17, 15) is 14.3 Å². The number of aliphatic carboxylic acids is 1. The average molecular weight is 351 g/mol. The standard InChI is InChI=1S/C19H26FNO4/c1-24-16-8-14(15(20)9-17(16)25-2)11-21-7-3-6-19(12-21,18(22)23)10-13-4-5-13/h8-9,13H,3-7,10-12H2,1-2H3,(H,22,23)/t19-/m1/s1. The van der Waals surface area contributed by atoms with Crippen molar-refractivity contribution in [1.29, 1.82) is 0 Å². The van der Waals surface area contributed by atoms with Crippen LogP contribution in [0.25, 0.3) is 0 Å². The molecule has 2 fully saturated rings. The maximum Gasteiger partial charge on any atom is 0.310 e. The van der Waals surface area contributed by atoms with Gasteiger partial charge in [0, 0.05) is 24.7 Å². The number of carboxylic acid groups (broad SMARTS) is 1. The normalized spacial score (nSPS) is 24.1. The van der Waals surface area contributed by atoms with Gasteiger partial charge >= 0.3 is 5.97 Å². The number of ether oxygens (including phenoxy) is 2. The van der Waals surface area contributed by atoms with Gasteiger partial charge in [-0.05, 0) is 37.8 Å². The second kappa shape index (κ2) is 7.20. The van der Waals surface area contributed by atoms with E-state index >= 15 is 0 Å². The van der Waals surface area contributed by atoms with E-state index in [-0.39, 0.29) is 5.82 Å². The number of methoxy groups -OCH3 is 2. The van der Waals surface area contributed by atoms with E-state index in [1.165, 1.54) is 20.3 Å². The predicted octanol–water partition coefficient (Wildman–Crippen LogP) is 3.31. The summed E-state index contributed by atoms with van der Waals surface area (Å²) in [6.45, 7) is 1.64. The van der Waals surface area contributed by atoms with Gasteiger partial charge in [0.15, 0.2) is 11.5 Å². The highest BCUT2D eigenvalue weighted by Gasteiger charge is 2.45. The van der Waals surface area contributed by atoms with E-state index < -0.39 is 11.4 Å². The monoisotopic (exact) mass is 351 g/mol. The highest BCUT2D eigenvalue weighted by atomic mass is 19.1. The lowest BCUT2D eigenvalue weighted by Crippen LogP contribution is -2.47. The molecule has 0 amide bonds. The van der Waals surface area contributed by atoms with Gasteiger partial charge in [-0.15, -0.1) is 0 Å². The van der Waals surface area contributed by atoms with Crippen molar-refractivity contribution in [1.82, 2.24) is 4.90 Å². The summed E-state index contributed by atoms with van der Waals surface area (Å²) in [5.41, 5.74) is -0.183. The zero-order valence-electron chi connectivity index (χ0n) is 14.9. The van der Waals surface area contributed by atoms with Crippen LogP contribution >= 0.6 is 0 Å². The summed E-state index contributed by atoms with van der Waals surface area (Å²) in [5.74, 6) is 0.325. The Kier molecular flexibility index (Phi) is 5.18. The molecule has 5 nitrogen and oxygen atoms in total. The predicted molar refractivity (Wildman–Crippen MR) is 91.4 cm³/mol. The van der Waals surface area contributed by atoms with Crippen LogP contribution in [0.2, 0.25) is 0 Å². The number of rotatable bonds is 7. The number of hydrogen-bond donors (Lipinski definition) is 1. The summed E-state index contributed by atoms with van der Waals surface area (Å²) in [7, 11) is 2.99. The number of piperidine rings is 1. The molecule has 0 aromatic heterocycles. The third-order valence-corrected chi connectivity index (χ3v) is 5.43. The first-order valence-corrected chi connectivity index (χ1v) is 8.83. The van der Waals surface area contributed by atoms with Gasteiger partial charge in [-0.1, -0.05) is 12.8 Å². The Morgan fingerprint density at radius 1 is 1.32 bits per heavy atom. The van der Waals surface area contributed by atoms with Crippen LogP contribution in [-0.4, -0.2) is 43.3 Å². The maximum absolute atomic E-state index is 14.4. The lowest BCUT2D eigenvalue weighted by atomic mass is 9.75. The lowest BCUT2D eigenvalue weighted by molar-refractivity contribution is -0.153. The molecule has 1 saturated heterocycles. The molecule has 2 aliphatic rings. The van der Waals surface area contributed by atoms with Gasteiger partial charge in [0.25, 0.3) is 0 Å². The van der Waals surface area contributed by atoms with Crippen LogP contribution in [0.4, 0.5) is 4.39 Å². The van der Waals surface area contributed by atoms with Crippen molar-refractivity contribution in [2.75, 3.05) is 27.3 Å². The third-order valence-electron chi connectivity index (χ3n) is 5.43. The molecule has 1 aliphatic carbocycles. The largest absolute Gasteiger partial charge is 0.493 e. The summed E-state index contributed by atoms with van der Waals surface area (Å²) in [5, 5.41) is 9.82. The van der Waals surface area contributed by atoms with E-state index in [2.05, 4.69) is 4.90 Å². The molecule has 1 N–H and O–H groups in total. The number of nitrogens with zero attached hydrogens (tertiary/aromatic N) is 1. The first-order chi connectivity index (χ1) is 12.0. The number of halogens is 1. The number of carbonyl (C=O) groups is 1. The number of benzene rings is 1. The maximum atomic E-state index is 14.4. The minimum absolute atomic E-state index is 0.355. The zero-order chi connectivity index (χ0) is 18.0. The first-order valence-electron chi connectivity index (χ1n) is 8.83. The molecule has 0 spiro atoms. The molecule has 1 aliphatic heterocycles. The van der Waals surface area contributed by atoms with E-state index in [4.69, 9.17) is 9.47 Å². The van der Waals surface area contributed by atoms with Gasteiger partial charge in [-0.25, -0.2) is 4.39 Å². The van der Waals surface area contributed by atoms with Crippen LogP contribution in [0.3, 0.4) is 0 Å². The summed E-state index contributed by atoms with van der Waals surface area (Å²) >= 11 is 0. The molecule has 1 aromatic rings. The number of hydrogen-bond acceptors (Lipinski definition) is 4. The molecule has 1 saturated carbocycles. The number of carboxylic acids is 1. The van der Waals surface area contributed by atoms with E-state index in [1.54, 1.807) is 6.07 Å². The van der Waals surface area contributed by atoms with Crippen molar-refractivity contribution in [3.8, 4) is 11.5 Å². The van der Waals surface area contributed by atoms with Gasteiger partial charge < -0.3 is 14.6 Å². The van der Waals surface area contributed by atoms with Crippen molar-refractivity contribution in [2.45, 2.75) is 38.6 Å². The third kappa shape index (κ3) is 3.89. The van der Waals surface area contributed by atoms with Crippen LogP contribution in [0.5, 0.6) is 11.5 Å². The summed E-state index contributed by atoms with van der Waals surface area (Å²) < 4.78 is 24.8. The second-order valence-electron chi connectivity index (χ2n) is 7.35. The number of likely N-dealkylation sites (tertiary alicyclic amines) is 1. The van der Waals surface area contributed by atoms with Crippen molar-refractivity contribution in [3.05, 3.63) is 23.5 Å². The van der Waals surface area contributed by atoms with Crippen molar-refractivity contribution < 1.29 is 23.8 Å². The molecular formula is C19H26FNO4. The Balaban J connectivity index is 1.77. The molecule has 6 heteroatoms. The minimum atomic E-state index is -0.711. The molecular weight excluding hydrogens is 325 g/mol. The SMILES string of the molecule is COc1cc(F)c(CN2CCC[C@](CC3CC3)(C(=O)O)C2)cc1OC. The van der Waals surface area contributed by atoms with E-state index in [0.717, 1.165) is 32.2 Å². The Morgan fingerprint density at radius 2 is 2.00 bits per heavy atom. The topological polar surface area (TPSA) is 59.0 Å². The molecule has 0 unspecified atom stereocenters. The van der Waals surface area contributed by atoms with Crippen LogP contribution in [0.1, 0.15) is 37.7 Å². The molecule has 0 radical (unpaired) electrons. The Labute approximate surface area is 147 Å². The van der Waals surface area contributed by atoms with Gasteiger partial charge in [-0.3, -0.25) is 9.69 Å². The average Bonchev–Trinajstić information content (AvgIpc) is 3.40. The molecule has 138 valence electrons. The van der Waals surface area contributed by atoms with Gasteiger partial charge in [-0.2, -0.15) is 0 Å². The van der Waals surface area contributed by atoms with E-state index in [1.807, 2.05) is 0 Å². The quantitative estimate of drug-likeness (QED) is 0.817. The fourth-order valence-corrected chi connectivity index (χ4v) is 3.92. The summed E-state index contributed by atoms with van der Waals surface area (Å²) in [4.78, 5) is 14.0. The molecule has 1 atom stereocenters. The first kappa shape index (κ1) is 18.0. The van der Waals surface area contributed by atoms with Gasteiger partial charge in [0.1, 0.15) is 5.82 Å². The van der Waals surface area contributed by atoms with Crippen LogP contribution in [-0.2, 0) is 11.3 Å². The Morgan fingerprint density at radius 3 is 2.60 bits per heavy atom. The molecule has 0 bridgehead atoms. The Hall–Kier alpha value is -1.82. The fraction of sp³-hybridized carbons (Fsp3) is 0.632. The van der Waals surface area contributed by atoms with Gasteiger partial charge in [0.2, 0.25) is 0 Å². The Bertz CT molecular complexity index is 647. The smallest absolute Gasteiger partial charge is 0.310 e. The zero-order valence-corrected chi connectivity index (χ0v) is 14.9. The summed E-state index contributed by atoms with van der Waals surface area (Å²) in [6, 6.07) is 2.97. The van der Waals surface area contributed by atoms with Crippen LogP contribution in [0, 0.1) is 17.2 Å². The fourth-order valence-electron chi connectivity index (χ4n) is 3.92. The van der Waals surface area contributed by atoms with Crippen molar-refractivity contribution >= 4 is 5.97 Å². The van der Waals surface area contributed by atoms with Crippen LogP contribution in [0.15, 0.2) is 12.1 Å². The molecule has 1 aromatic carbocycles. The highest BCUT2D eigenvalue weighted by molar-refractivity contribution is 5.75. The minimum Gasteiger partial charge on any atom is -0.493 e. The van der Waals surface area contributed by atoms with Crippen LogP contribution < -0.4 is 9.47 Å². The molecule has 25 heavy (non-hydrogen) atoms. The summed E-state index contributed by atoms with van der Waals surface area (Å²) in [6.07, 6.45) is 4.56. The molecule has 3 rings (SSSR count). The second-order valence-corrected chi connectivity index (χ2v) is 7.35. The van der Waals surface area contributed by atoms with Gasteiger partial charge in [0.05, 0.1) is 19.6 Å². The molecule has 1 heterocycles. The lowest BCUT2D eigenvalue weighted by Gasteiger charge is -2.40. The van der Waals surface area contributed by atoms with Crippen molar-refractivity contribution in [2.24, 2.45) is 11.3 Å². The highest BCUT2D eigenvalue weighted by Crippen LogP contribution is 2.45. The van der Waals surface area contributed by atoms with Crippen molar-refractivity contribution in [3.63, 3.8) is 0 Å². The van der Waals surface area contributed by atoms with E-state index in [0.29, 0.717) is 42.5 Å².